The van der Waals surface area contributed by atoms with Crippen LogP contribution < -0.4 is 0 Å². The van der Waals surface area contributed by atoms with Crippen LogP contribution in [-0.2, 0) is 33.2 Å². The molecule has 0 saturated carbocycles. The van der Waals surface area contributed by atoms with Crippen molar-refractivity contribution in [2.45, 2.75) is 59.3 Å². The van der Waals surface area contributed by atoms with Crippen LogP contribution in [0.5, 0.6) is 0 Å². The van der Waals surface area contributed by atoms with Crippen molar-refractivity contribution >= 4 is 50.5 Å². The Morgan fingerprint density at radius 3 is 1.43 bits per heavy atom. The number of ketones is 2. The average molecular weight is 436 g/mol. The van der Waals surface area contributed by atoms with Crippen molar-refractivity contribution in [1.82, 2.24) is 0 Å². The second-order valence-corrected chi connectivity index (χ2v) is 7.90. The number of carbonyl (C=O) groups is 5. The molecular formula is C14H21O8Sn. The first-order chi connectivity index (χ1) is 10.8. The van der Waals surface area contributed by atoms with Gasteiger partial charge in [-0.25, -0.2) is 0 Å². The van der Waals surface area contributed by atoms with Crippen LogP contribution >= 0.6 is 0 Å². The van der Waals surface area contributed by atoms with Crippen LogP contribution in [-0.4, -0.2) is 50.5 Å². The standard InChI is InChI=1S/2C6H10O3.C2H4O2.Sn/c2*1-2-3-5(7)4-6(8)9;1-2(3)4;/h2*2-4H2,1H3,(H,8,9);1H3,(H,3,4);/q;;;+3/p-3. The second-order valence-electron chi connectivity index (χ2n) is 4.72. The molecule has 0 rings (SSSR count). The first kappa shape index (κ1) is 21.5. The molecule has 0 heterocycles. The van der Waals surface area contributed by atoms with Crippen LogP contribution in [0.25, 0.3) is 0 Å². The molecule has 129 valence electrons. The summed E-state index contributed by atoms with van der Waals surface area (Å²) in [7, 11) is 0. The summed E-state index contributed by atoms with van der Waals surface area (Å²) >= 11 is -4.05. The summed E-state index contributed by atoms with van der Waals surface area (Å²) in [6.07, 6.45) is 0.711. The molecule has 1 radical (unpaired) electrons. The fourth-order valence-electron chi connectivity index (χ4n) is 1.49. The molecule has 0 spiro atoms. The van der Waals surface area contributed by atoms with E-state index in [1.807, 2.05) is 0 Å². The maximum absolute atomic E-state index is 11.6. The molecule has 0 saturated heterocycles. The molecule has 0 aromatic rings. The molecule has 8 nitrogen and oxygen atoms in total. The molecule has 23 heavy (non-hydrogen) atoms. The predicted octanol–water partition coefficient (Wildman–Crippen LogP) is 1.14. The molecule has 0 bridgehead atoms. The van der Waals surface area contributed by atoms with Gasteiger partial charge in [-0.3, -0.25) is 0 Å². The van der Waals surface area contributed by atoms with Crippen molar-refractivity contribution in [3.63, 3.8) is 0 Å². The molecule has 0 unspecified atom stereocenters. The molecule has 0 aliphatic heterocycles. The Morgan fingerprint density at radius 1 is 0.739 bits per heavy atom. The van der Waals surface area contributed by atoms with E-state index in [-0.39, 0.29) is 24.4 Å². The van der Waals surface area contributed by atoms with Crippen molar-refractivity contribution < 1.29 is 33.2 Å². The van der Waals surface area contributed by atoms with Gasteiger partial charge in [0.1, 0.15) is 0 Å². The third-order valence-electron chi connectivity index (χ3n) is 2.36. The van der Waals surface area contributed by atoms with Gasteiger partial charge in [-0.1, -0.05) is 0 Å². The minimum atomic E-state index is -4.05. The summed E-state index contributed by atoms with van der Waals surface area (Å²) in [4.78, 5) is 56.9. The Bertz CT molecular complexity index is 426. The van der Waals surface area contributed by atoms with Gasteiger partial charge in [0.2, 0.25) is 0 Å². The Labute approximate surface area is 143 Å². The fraction of sp³-hybridized carbons (Fsp3) is 0.643. The second kappa shape index (κ2) is 12.0. The van der Waals surface area contributed by atoms with Gasteiger partial charge in [0.25, 0.3) is 0 Å². The first-order valence-electron chi connectivity index (χ1n) is 7.28. The molecule has 0 amide bonds. The topological polar surface area (TPSA) is 113 Å². The quantitative estimate of drug-likeness (QED) is 0.350. The zero-order chi connectivity index (χ0) is 17.8. The van der Waals surface area contributed by atoms with Gasteiger partial charge in [-0.05, 0) is 0 Å². The zero-order valence-corrected chi connectivity index (χ0v) is 16.4. The van der Waals surface area contributed by atoms with Crippen molar-refractivity contribution in [2.24, 2.45) is 0 Å². The summed E-state index contributed by atoms with van der Waals surface area (Å²) in [5, 5.41) is 0. The molecule has 0 N–H and O–H groups in total. The monoisotopic (exact) mass is 437 g/mol. The number of Topliss-reactive ketones (excluding diaryl/α,β-unsaturated/α-hetero) is 2. The summed E-state index contributed by atoms with van der Waals surface area (Å²) in [5.74, 6) is -3.18. The maximum atomic E-state index is 11.6. The van der Waals surface area contributed by atoms with Crippen LogP contribution in [0, 0.1) is 0 Å². The fourth-order valence-corrected chi connectivity index (χ4v) is 3.99. The number of rotatable bonds is 11. The van der Waals surface area contributed by atoms with Crippen LogP contribution in [0.4, 0.5) is 0 Å². The average Bonchev–Trinajstić information content (AvgIpc) is 2.37. The Kier molecular flexibility index (Phi) is 11.3. The number of hydrogen-bond donors (Lipinski definition) is 0. The number of hydrogen-bond acceptors (Lipinski definition) is 8. The van der Waals surface area contributed by atoms with E-state index in [0.717, 1.165) is 6.92 Å². The summed E-state index contributed by atoms with van der Waals surface area (Å²) in [6, 6.07) is 0. The van der Waals surface area contributed by atoms with Gasteiger partial charge in [0.05, 0.1) is 0 Å². The van der Waals surface area contributed by atoms with E-state index in [0.29, 0.717) is 12.8 Å². The molecule has 0 aromatic carbocycles. The molecular weight excluding hydrogens is 415 g/mol. The van der Waals surface area contributed by atoms with Crippen LogP contribution in [0.3, 0.4) is 0 Å². The van der Waals surface area contributed by atoms with Crippen LogP contribution in [0.1, 0.15) is 59.3 Å². The predicted molar refractivity (Wildman–Crippen MR) is 78.8 cm³/mol. The Hall–Kier alpha value is -1.45. The van der Waals surface area contributed by atoms with E-state index in [2.05, 4.69) is 0 Å². The molecule has 9 heteroatoms. The molecule has 0 aromatic heterocycles. The van der Waals surface area contributed by atoms with E-state index in [1.165, 1.54) is 0 Å². The van der Waals surface area contributed by atoms with Gasteiger partial charge < -0.3 is 0 Å². The zero-order valence-electron chi connectivity index (χ0n) is 13.5. The van der Waals surface area contributed by atoms with Crippen LogP contribution in [0.15, 0.2) is 0 Å². The molecule has 0 fully saturated rings. The Balaban J connectivity index is 4.54. The first-order valence-corrected chi connectivity index (χ1v) is 10.8. The number of carbonyl (C=O) groups excluding carboxylic acids is 5. The molecule has 0 atom stereocenters. The van der Waals surface area contributed by atoms with E-state index < -0.39 is 51.8 Å². The van der Waals surface area contributed by atoms with Crippen LogP contribution in [0.2, 0.25) is 0 Å². The summed E-state index contributed by atoms with van der Waals surface area (Å²) in [5.41, 5.74) is 0. The molecule has 0 aliphatic rings. The third kappa shape index (κ3) is 11.7. The van der Waals surface area contributed by atoms with Crippen molar-refractivity contribution in [1.29, 1.82) is 0 Å². The van der Waals surface area contributed by atoms with E-state index in [4.69, 9.17) is 9.22 Å². The summed E-state index contributed by atoms with van der Waals surface area (Å²) in [6.45, 7) is 4.66. The van der Waals surface area contributed by atoms with Gasteiger partial charge >= 0.3 is 143 Å². The van der Waals surface area contributed by atoms with Crippen molar-refractivity contribution in [3.05, 3.63) is 0 Å². The van der Waals surface area contributed by atoms with E-state index in [1.54, 1.807) is 13.8 Å². The Morgan fingerprint density at radius 2 is 1.13 bits per heavy atom. The van der Waals surface area contributed by atoms with Gasteiger partial charge in [-0.15, -0.1) is 0 Å². The SMILES string of the molecule is CCCC(=O)CC(=O)[O][Sn]([O]C(C)=O)[O]C(=O)CC(=O)CCC. The van der Waals surface area contributed by atoms with Crippen molar-refractivity contribution in [3.8, 4) is 0 Å². The van der Waals surface area contributed by atoms with E-state index in [9.17, 15) is 24.0 Å². The summed E-state index contributed by atoms with van der Waals surface area (Å²) < 4.78 is 14.4. The van der Waals surface area contributed by atoms with Gasteiger partial charge in [0, 0.05) is 0 Å². The van der Waals surface area contributed by atoms with Crippen molar-refractivity contribution in [2.75, 3.05) is 0 Å². The van der Waals surface area contributed by atoms with Gasteiger partial charge in [-0.2, -0.15) is 0 Å². The molecule has 0 aliphatic carbocycles. The van der Waals surface area contributed by atoms with E-state index >= 15 is 0 Å². The minimum absolute atomic E-state index is 0.229. The van der Waals surface area contributed by atoms with Gasteiger partial charge in [0.15, 0.2) is 0 Å². The normalized spacial score (nSPS) is 10.1. The third-order valence-corrected chi connectivity index (χ3v) is 5.91.